The molecule has 0 atom stereocenters. The van der Waals surface area contributed by atoms with Crippen molar-refractivity contribution in [3.05, 3.63) is 35.6 Å². The standard InChI is InChI=1S/C12H15NO/c1-2-11-8-10-4-3-9(5-6-13)7-12(10)14-11/h3-4,7-8H,2,5-6,13H2,1H3. The second-order valence-corrected chi connectivity index (χ2v) is 3.48. The number of benzene rings is 1. The highest BCUT2D eigenvalue weighted by molar-refractivity contribution is 5.78. The second-order valence-electron chi connectivity index (χ2n) is 3.48. The summed E-state index contributed by atoms with van der Waals surface area (Å²) in [7, 11) is 0. The average molecular weight is 189 g/mol. The molecule has 2 heteroatoms. The number of aryl methyl sites for hydroxylation is 1. The highest BCUT2D eigenvalue weighted by atomic mass is 16.3. The second kappa shape index (κ2) is 3.84. The highest BCUT2D eigenvalue weighted by Crippen LogP contribution is 2.21. The molecule has 74 valence electrons. The minimum atomic E-state index is 0.687. The van der Waals surface area contributed by atoms with Crippen molar-refractivity contribution in [3.63, 3.8) is 0 Å². The van der Waals surface area contributed by atoms with E-state index < -0.39 is 0 Å². The number of rotatable bonds is 3. The topological polar surface area (TPSA) is 39.2 Å². The van der Waals surface area contributed by atoms with Crippen molar-refractivity contribution in [1.29, 1.82) is 0 Å². The Morgan fingerprint density at radius 3 is 2.86 bits per heavy atom. The van der Waals surface area contributed by atoms with Gasteiger partial charge in [-0.1, -0.05) is 19.1 Å². The molecule has 0 aliphatic carbocycles. The third-order valence-corrected chi connectivity index (χ3v) is 2.42. The van der Waals surface area contributed by atoms with Crippen molar-refractivity contribution < 1.29 is 4.42 Å². The Morgan fingerprint density at radius 2 is 2.14 bits per heavy atom. The molecule has 2 rings (SSSR count). The van der Waals surface area contributed by atoms with Crippen molar-refractivity contribution in [2.24, 2.45) is 5.73 Å². The van der Waals surface area contributed by atoms with Gasteiger partial charge in [0.2, 0.25) is 0 Å². The van der Waals surface area contributed by atoms with E-state index in [-0.39, 0.29) is 0 Å². The van der Waals surface area contributed by atoms with E-state index in [9.17, 15) is 0 Å². The molecule has 0 aliphatic heterocycles. The molecule has 0 bridgehead atoms. The molecule has 1 heterocycles. The van der Waals surface area contributed by atoms with Crippen molar-refractivity contribution in [1.82, 2.24) is 0 Å². The fraction of sp³-hybridized carbons (Fsp3) is 0.333. The fourth-order valence-corrected chi connectivity index (χ4v) is 1.63. The first-order valence-corrected chi connectivity index (χ1v) is 5.05. The predicted octanol–water partition coefficient (Wildman–Crippen LogP) is 2.50. The summed E-state index contributed by atoms with van der Waals surface area (Å²) in [6.45, 7) is 2.78. The lowest BCUT2D eigenvalue weighted by atomic mass is 10.1. The van der Waals surface area contributed by atoms with Gasteiger partial charge in [0.25, 0.3) is 0 Å². The zero-order valence-corrected chi connectivity index (χ0v) is 8.42. The van der Waals surface area contributed by atoms with E-state index >= 15 is 0 Å². The first-order valence-electron chi connectivity index (χ1n) is 5.05. The summed E-state index contributed by atoms with van der Waals surface area (Å²) < 4.78 is 5.66. The molecule has 0 aliphatic rings. The maximum atomic E-state index is 5.66. The summed E-state index contributed by atoms with van der Waals surface area (Å²) in [5.74, 6) is 1.05. The molecule has 0 amide bonds. The Balaban J connectivity index is 2.43. The number of fused-ring (bicyclic) bond motifs is 1. The molecule has 14 heavy (non-hydrogen) atoms. The van der Waals surface area contributed by atoms with Gasteiger partial charge in [-0.15, -0.1) is 0 Å². The van der Waals surface area contributed by atoms with E-state index in [4.69, 9.17) is 10.2 Å². The van der Waals surface area contributed by atoms with Gasteiger partial charge in [0.1, 0.15) is 11.3 Å². The van der Waals surface area contributed by atoms with Gasteiger partial charge in [0.15, 0.2) is 0 Å². The normalized spacial score (nSPS) is 11.0. The van der Waals surface area contributed by atoms with Crippen LogP contribution in [-0.2, 0) is 12.8 Å². The van der Waals surface area contributed by atoms with E-state index in [1.807, 2.05) is 0 Å². The number of nitrogens with two attached hydrogens (primary N) is 1. The van der Waals surface area contributed by atoms with E-state index in [2.05, 4.69) is 31.2 Å². The lowest BCUT2D eigenvalue weighted by Gasteiger charge is -1.96. The molecule has 1 aromatic carbocycles. The van der Waals surface area contributed by atoms with Crippen LogP contribution in [0.3, 0.4) is 0 Å². The van der Waals surface area contributed by atoms with Gasteiger partial charge in [-0.05, 0) is 30.7 Å². The van der Waals surface area contributed by atoms with Crippen LogP contribution >= 0.6 is 0 Å². The van der Waals surface area contributed by atoms with Gasteiger partial charge in [-0.2, -0.15) is 0 Å². The van der Waals surface area contributed by atoms with E-state index in [0.29, 0.717) is 6.54 Å². The Hall–Kier alpha value is -1.28. The maximum Gasteiger partial charge on any atom is 0.134 e. The molecular formula is C12H15NO. The van der Waals surface area contributed by atoms with Crippen LogP contribution in [0.15, 0.2) is 28.7 Å². The van der Waals surface area contributed by atoms with Gasteiger partial charge in [-0.3, -0.25) is 0 Å². The van der Waals surface area contributed by atoms with Crippen LogP contribution in [0.5, 0.6) is 0 Å². The van der Waals surface area contributed by atoms with E-state index in [1.54, 1.807) is 0 Å². The molecule has 0 saturated carbocycles. The lowest BCUT2D eigenvalue weighted by molar-refractivity contribution is 0.556. The SMILES string of the molecule is CCc1cc2ccc(CCN)cc2o1. The van der Waals surface area contributed by atoms with Crippen molar-refractivity contribution in [2.75, 3.05) is 6.54 Å². The number of hydrogen-bond acceptors (Lipinski definition) is 2. The summed E-state index contributed by atoms with van der Waals surface area (Å²) in [6.07, 6.45) is 1.86. The molecule has 0 spiro atoms. The third kappa shape index (κ3) is 1.66. The Labute approximate surface area is 83.7 Å². The highest BCUT2D eigenvalue weighted by Gasteiger charge is 2.02. The summed E-state index contributed by atoms with van der Waals surface area (Å²) in [4.78, 5) is 0. The summed E-state index contributed by atoms with van der Waals surface area (Å²) in [5, 5.41) is 1.18. The summed E-state index contributed by atoms with van der Waals surface area (Å²) in [5.41, 5.74) is 7.73. The first-order chi connectivity index (χ1) is 6.83. The summed E-state index contributed by atoms with van der Waals surface area (Å²) >= 11 is 0. The molecule has 2 N–H and O–H groups in total. The predicted molar refractivity (Wildman–Crippen MR) is 58.4 cm³/mol. The van der Waals surface area contributed by atoms with Gasteiger partial charge in [0.05, 0.1) is 0 Å². The summed E-state index contributed by atoms with van der Waals surface area (Å²) in [6, 6.07) is 8.40. The van der Waals surface area contributed by atoms with Crippen LogP contribution in [0.1, 0.15) is 18.2 Å². The molecule has 2 nitrogen and oxygen atoms in total. The maximum absolute atomic E-state index is 5.66. The van der Waals surface area contributed by atoms with Crippen LogP contribution in [0, 0.1) is 0 Å². The van der Waals surface area contributed by atoms with Gasteiger partial charge < -0.3 is 10.2 Å². The van der Waals surface area contributed by atoms with Crippen LogP contribution in [0.4, 0.5) is 0 Å². The lowest BCUT2D eigenvalue weighted by Crippen LogP contribution is -2.02. The molecule has 0 radical (unpaired) electrons. The zero-order chi connectivity index (χ0) is 9.97. The average Bonchev–Trinajstić information content (AvgIpc) is 2.60. The van der Waals surface area contributed by atoms with Crippen molar-refractivity contribution in [2.45, 2.75) is 19.8 Å². The minimum Gasteiger partial charge on any atom is -0.461 e. The van der Waals surface area contributed by atoms with E-state index in [1.165, 1.54) is 10.9 Å². The Kier molecular flexibility index (Phi) is 2.55. The Morgan fingerprint density at radius 1 is 1.29 bits per heavy atom. The van der Waals surface area contributed by atoms with Gasteiger partial charge >= 0.3 is 0 Å². The third-order valence-electron chi connectivity index (χ3n) is 2.42. The van der Waals surface area contributed by atoms with E-state index in [0.717, 1.165) is 24.2 Å². The number of furan rings is 1. The molecule has 0 saturated heterocycles. The molecule has 0 fully saturated rings. The van der Waals surface area contributed by atoms with Crippen molar-refractivity contribution in [3.8, 4) is 0 Å². The van der Waals surface area contributed by atoms with Crippen LogP contribution in [0.25, 0.3) is 11.0 Å². The molecule has 2 aromatic rings. The van der Waals surface area contributed by atoms with Crippen LogP contribution in [-0.4, -0.2) is 6.54 Å². The first kappa shape index (κ1) is 9.28. The van der Waals surface area contributed by atoms with Gasteiger partial charge in [-0.25, -0.2) is 0 Å². The quantitative estimate of drug-likeness (QED) is 0.805. The minimum absolute atomic E-state index is 0.687. The van der Waals surface area contributed by atoms with Crippen LogP contribution < -0.4 is 5.73 Å². The smallest absolute Gasteiger partial charge is 0.134 e. The van der Waals surface area contributed by atoms with Gasteiger partial charge in [0, 0.05) is 11.8 Å². The zero-order valence-electron chi connectivity index (χ0n) is 8.42. The monoisotopic (exact) mass is 189 g/mol. The fourth-order valence-electron chi connectivity index (χ4n) is 1.63. The van der Waals surface area contributed by atoms with Crippen LogP contribution in [0.2, 0.25) is 0 Å². The molecular weight excluding hydrogens is 174 g/mol. The van der Waals surface area contributed by atoms with Crippen molar-refractivity contribution >= 4 is 11.0 Å². The molecule has 1 aromatic heterocycles. The molecule has 0 unspecified atom stereocenters. The Bertz CT molecular complexity index is 431. The largest absolute Gasteiger partial charge is 0.461 e. The number of hydrogen-bond donors (Lipinski definition) is 1.